The van der Waals surface area contributed by atoms with Crippen molar-refractivity contribution < 1.29 is 18.0 Å². The third-order valence-corrected chi connectivity index (χ3v) is 6.43. The van der Waals surface area contributed by atoms with E-state index in [0.29, 0.717) is 42.7 Å². The number of aryl methyl sites for hydroxylation is 2. The summed E-state index contributed by atoms with van der Waals surface area (Å²) in [4.78, 5) is 18.7. The number of oxazole rings is 1. The number of aromatic nitrogens is 3. The summed E-state index contributed by atoms with van der Waals surface area (Å²) < 4.78 is 34.7. The number of carbonyl (C=O) groups is 1. The second-order valence-electron chi connectivity index (χ2n) is 9.77. The highest BCUT2D eigenvalue weighted by Gasteiger charge is 2.39. The molecule has 4 rings (SSSR count). The minimum Gasteiger partial charge on any atom is -0.436 e. The van der Waals surface area contributed by atoms with Crippen LogP contribution in [-0.4, -0.2) is 51.1 Å². The topological polar surface area (TPSA) is 76.2 Å². The predicted molar refractivity (Wildman–Crippen MR) is 113 cm³/mol. The smallest absolute Gasteiger partial charge is 0.291 e. The van der Waals surface area contributed by atoms with Gasteiger partial charge in [-0.05, 0) is 32.1 Å². The Bertz CT molecular complexity index is 954. The molecule has 1 saturated heterocycles. The molecule has 0 bridgehead atoms. The molecule has 0 radical (unpaired) electrons. The van der Waals surface area contributed by atoms with Gasteiger partial charge < -0.3 is 14.6 Å². The number of hydrogen-bond donors (Lipinski definition) is 1. The van der Waals surface area contributed by atoms with Gasteiger partial charge in [-0.15, -0.1) is 0 Å². The van der Waals surface area contributed by atoms with Gasteiger partial charge in [0.2, 0.25) is 5.76 Å². The zero-order chi connectivity index (χ0) is 22.5. The number of nitrogens with zero attached hydrogens (tertiary/aromatic N) is 4. The Balaban J connectivity index is 1.46. The molecule has 2 aliphatic rings. The van der Waals surface area contributed by atoms with E-state index in [1.165, 1.54) is 4.68 Å². The summed E-state index contributed by atoms with van der Waals surface area (Å²) in [5.41, 5.74) is 1.19. The summed E-state index contributed by atoms with van der Waals surface area (Å²) in [5, 5.41) is 7.96. The van der Waals surface area contributed by atoms with Crippen LogP contribution in [-0.2, 0) is 5.41 Å². The van der Waals surface area contributed by atoms with Gasteiger partial charge in [-0.3, -0.25) is 4.79 Å². The van der Waals surface area contributed by atoms with E-state index in [2.05, 4.69) is 15.4 Å². The number of rotatable bonds is 3. The maximum Gasteiger partial charge on any atom is 0.291 e. The largest absolute Gasteiger partial charge is 0.436 e. The first kappa shape index (κ1) is 21.8. The molecule has 31 heavy (non-hydrogen) atoms. The van der Waals surface area contributed by atoms with E-state index in [4.69, 9.17) is 4.42 Å². The number of alkyl halides is 2. The fourth-order valence-electron chi connectivity index (χ4n) is 4.63. The molecule has 0 spiro atoms. The molecule has 9 heteroatoms. The molecule has 0 unspecified atom stereocenters. The summed E-state index contributed by atoms with van der Waals surface area (Å²) in [6.07, 6.45) is -0.637. The Morgan fingerprint density at radius 1 is 1.26 bits per heavy atom. The Kier molecular flexibility index (Phi) is 5.55. The van der Waals surface area contributed by atoms with Crippen molar-refractivity contribution in [3.8, 4) is 0 Å². The number of hydrogen-bond acceptors (Lipinski definition) is 5. The van der Waals surface area contributed by atoms with Crippen molar-refractivity contribution in [2.75, 3.05) is 18.4 Å². The summed E-state index contributed by atoms with van der Waals surface area (Å²) in [6, 6.07) is 0.897. The number of piperidine rings is 1. The van der Waals surface area contributed by atoms with E-state index < -0.39 is 12.5 Å². The second-order valence-corrected chi connectivity index (χ2v) is 9.77. The first-order chi connectivity index (χ1) is 14.5. The normalized spacial score (nSPS) is 22.5. The van der Waals surface area contributed by atoms with E-state index in [9.17, 15) is 13.6 Å². The van der Waals surface area contributed by atoms with Crippen molar-refractivity contribution in [3.63, 3.8) is 0 Å². The Morgan fingerprint density at radius 3 is 2.48 bits per heavy atom. The highest BCUT2D eigenvalue weighted by Crippen LogP contribution is 2.38. The summed E-state index contributed by atoms with van der Waals surface area (Å²) >= 11 is 0. The Labute approximate surface area is 181 Å². The van der Waals surface area contributed by atoms with Crippen LogP contribution in [0, 0.1) is 19.8 Å². The van der Waals surface area contributed by atoms with Gasteiger partial charge >= 0.3 is 0 Å². The van der Waals surface area contributed by atoms with Crippen LogP contribution in [0.4, 0.5) is 14.6 Å². The number of nitrogens with one attached hydrogen (secondary N) is 1. The summed E-state index contributed by atoms with van der Waals surface area (Å²) in [6.45, 7) is 10.7. The highest BCUT2D eigenvalue weighted by molar-refractivity contribution is 5.92. The third kappa shape index (κ3) is 4.19. The monoisotopic (exact) mass is 435 g/mol. The Morgan fingerprint density at radius 2 is 1.94 bits per heavy atom. The maximum atomic E-state index is 13.9. The molecule has 0 saturated carbocycles. The fraction of sp³-hybridized carbons (Fsp3) is 0.682. The molecule has 170 valence electrons. The van der Waals surface area contributed by atoms with Crippen molar-refractivity contribution in [2.45, 2.75) is 77.8 Å². The van der Waals surface area contributed by atoms with E-state index in [1.807, 2.05) is 26.8 Å². The predicted octanol–water partition coefficient (Wildman–Crippen LogP) is 4.33. The van der Waals surface area contributed by atoms with Gasteiger partial charge in [-0.1, -0.05) is 20.8 Å². The van der Waals surface area contributed by atoms with Crippen molar-refractivity contribution >= 4 is 11.7 Å². The molecular formula is C22H31F2N5O2. The minimum absolute atomic E-state index is 0.0671. The number of halogens is 2. The molecule has 2 atom stereocenters. The molecule has 2 aromatic rings. The number of fused-ring (bicyclic) bond motifs is 1. The lowest BCUT2D eigenvalue weighted by molar-refractivity contribution is 0.0525. The number of likely N-dealkylation sites (tertiary alicyclic amines) is 1. The van der Waals surface area contributed by atoms with Gasteiger partial charge in [0.1, 0.15) is 11.9 Å². The lowest BCUT2D eigenvalue weighted by Crippen LogP contribution is -2.46. The maximum absolute atomic E-state index is 13.9. The average Bonchev–Trinajstić information content (AvgIpc) is 3.29. The van der Waals surface area contributed by atoms with Crippen LogP contribution >= 0.6 is 0 Å². The molecule has 4 heterocycles. The first-order valence-corrected chi connectivity index (χ1v) is 10.9. The molecule has 1 amide bonds. The van der Waals surface area contributed by atoms with Crippen LogP contribution in [0.1, 0.15) is 73.9 Å². The second kappa shape index (κ2) is 7.91. The van der Waals surface area contributed by atoms with Gasteiger partial charge in [-0.25, -0.2) is 18.4 Å². The SMILES string of the molecule is Cc1nc(C)c(C(=O)N2CCC([C@@H]3C[C@H](C(F)F)n4nc(C(C)(C)C)cc4N3)CC2)o1. The average molecular weight is 436 g/mol. The van der Waals surface area contributed by atoms with Crippen molar-refractivity contribution in [2.24, 2.45) is 5.92 Å². The minimum atomic E-state index is -2.48. The summed E-state index contributed by atoms with van der Waals surface area (Å²) in [7, 11) is 0. The van der Waals surface area contributed by atoms with Gasteiger partial charge in [-0.2, -0.15) is 5.10 Å². The quantitative estimate of drug-likeness (QED) is 0.777. The number of anilines is 1. The molecule has 0 aliphatic carbocycles. The Hall–Kier alpha value is -2.45. The molecule has 7 nitrogen and oxygen atoms in total. The summed E-state index contributed by atoms with van der Waals surface area (Å²) in [5.74, 6) is 1.50. The molecule has 0 aromatic carbocycles. The highest BCUT2D eigenvalue weighted by atomic mass is 19.3. The third-order valence-electron chi connectivity index (χ3n) is 6.43. The van der Waals surface area contributed by atoms with Crippen LogP contribution < -0.4 is 5.32 Å². The first-order valence-electron chi connectivity index (χ1n) is 10.9. The van der Waals surface area contributed by atoms with Gasteiger partial charge in [0.15, 0.2) is 5.89 Å². The van der Waals surface area contributed by atoms with Crippen molar-refractivity contribution in [1.82, 2.24) is 19.7 Å². The van der Waals surface area contributed by atoms with Crippen LogP contribution in [0.5, 0.6) is 0 Å². The van der Waals surface area contributed by atoms with Gasteiger partial charge in [0, 0.05) is 37.5 Å². The van der Waals surface area contributed by atoms with Crippen LogP contribution in [0.25, 0.3) is 0 Å². The molecule has 2 aromatic heterocycles. The van der Waals surface area contributed by atoms with Gasteiger partial charge in [0.25, 0.3) is 12.3 Å². The zero-order valence-corrected chi connectivity index (χ0v) is 18.8. The van der Waals surface area contributed by atoms with Crippen molar-refractivity contribution in [3.05, 3.63) is 29.1 Å². The zero-order valence-electron chi connectivity index (χ0n) is 18.8. The molecule has 1 N–H and O–H groups in total. The standard InChI is InChI=1S/C22H31F2N5O2/c1-12-19(31-13(2)25-12)21(30)28-8-6-14(7-9-28)15-10-16(20(23)24)29-18(26-15)11-17(27-29)22(3,4)5/h11,14-16,20,26H,6-10H2,1-5H3/t15-,16+/m0/s1. The van der Waals surface area contributed by atoms with Gasteiger partial charge in [0.05, 0.1) is 11.4 Å². The van der Waals surface area contributed by atoms with Crippen LogP contribution in [0.2, 0.25) is 0 Å². The van der Waals surface area contributed by atoms with E-state index in [1.54, 1.807) is 18.7 Å². The van der Waals surface area contributed by atoms with Crippen molar-refractivity contribution in [1.29, 1.82) is 0 Å². The molecular weight excluding hydrogens is 404 g/mol. The lowest BCUT2D eigenvalue weighted by Gasteiger charge is -2.40. The van der Waals surface area contributed by atoms with Crippen LogP contribution in [0.15, 0.2) is 10.5 Å². The number of carbonyl (C=O) groups excluding carboxylic acids is 1. The molecule has 1 fully saturated rings. The lowest BCUT2D eigenvalue weighted by atomic mass is 9.85. The van der Waals surface area contributed by atoms with E-state index >= 15 is 0 Å². The van der Waals surface area contributed by atoms with Crippen LogP contribution in [0.3, 0.4) is 0 Å². The van der Waals surface area contributed by atoms with E-state index in [-0.39, 0.29) is 23.3 Å². The molecule has 2 aliphatic heterocycles. The number of amides is 1. The fourth-order valence-corrected chi connectivity index (χ4v) is 4.63. The van der Waals surface area contributed by atoms with E-state index in [0.717, 1.165) is 18.5 Å².